The molecule has 2 atom stereocenters. The van der Waals surface area contributed by atoms with Crippen molar-refractivity contribution in [1.29, 1.82) is 0 Å². The Kier molecular flexibility index (Phi) is 4.48. The monoisotopic (exact) mass is 290 g/mol. The van der Waals surface area contributed by atoms with Crippen LogP contribution in [-0.2, 0) is 0 Å². The summed E-state index contributed by atoms with van der Waals surface area (Å²) < 4.78 is 0. The Balaban J connectivity index is 1.51. The van der Waals surface area contributed by atoms with Crippen molar-refractivity contribution in [1.82, 2.24) is 20.9 Å². The molecule has 2 fully saturated rings. The average molecular weight is 290 g/mol. The van der Waals surface area contributed by atoms with Gasteiger partial charge in [0.2, 0.25) is 0 Å². The fraction of sp³-hybridized carbons (Fsp3) is 0.688. The van der Waals surface area contributed by atoms with E-state index in [4.69, 9.17) is 0 Å². The maximum absolute atomic E-state index is 12.0. The second-order valence-electron chi connectivity index (χ2n) is 6.42. The number of nitrogens with one attached hydrogen (secondary N) is 3. The molecule has 2 aliphatic heterocycles. The van der Waals surface area contributed by atoms with Crippen LogP contribution in [-0.4, -0.2) is 49.7 Å². The van der Waals surface area contributed by atoms with E-state index in [1.807, 2.05) is 6.20 Å². The highest BCUT2D eigenvalue weighted by molar-refractivity contribution is 5.74. The van der Waals surface area contributed by atoms with Crippen LogP contribution in [0.5, 0.6) is 0 Å². The molecule has 3 N–H and O–H groups in total. The van der Waals surface area contributed by atoms with Gasteiger partial charge in [-0.15, -0.1) is 0 Å². The lowest BCUT2D eigenvalue weighted by molar-refractivity contribution is 0.237. The second kappa shape index (κ2) is 6.52. The molecule has 2 heterocycles. The first-order valence-electron chi connectivity index (χ1n) is 8.10. The zero-order valence-electron chi connectivity index (χ0n) is 12.8. The van der Waals surface area contributed by atoms with Crippen molar-refractivity contribution in [3.05, 3.63) is 23.4 Å². The topological polar surface area (TPSA) is 56.4 Å². The fourth-order valence-electron chi connectivity index (χ4n) is 3.59. The van der Waals surface area contributed by atoms with Gasteiger partial charge in [0, 0.05) is 25.2 Å². The number of likely N-dealkylation sites (N-methyl/N-ethyl adjacent to an activating group) is 1. The summed E-state index contributed by atoms with van der Waals surface area (Å²) in [6, 6.07) is 0.744. The number of dihydropyridines is 1. The number of hydrogen-bond donors (Lipinski definition) is 3. The first-order valence-corrected chi connectivity index (χ1v) is 8.10. The van der Waals surface area contributed by atoms with Crippen LogP contribution in [0.4, 0.5) is 4.79 Å². The fourth-order valence-corrected chi connectivity index (χ4v) is 3.59. The minimum atomic E-state index is -0.0392. The van der Waals surface area contributed by atoms with Crippen LogP contribution in [0.1, 0.15) is 32.1 Å². The van der Waals surface area contributed by atoms with E-state index in [0.717, 1.165) is 25.9 Å². The summed E-state index contributed by atoms with van der Waals surface area (Å²) >= 11 is 0. The number of hydrogen-bond acceptors (Lipinski definition) is 3. The number of urea groups is 1. The molecular formula is C16H26N4O. The van der Waals surface area contributed by atoms with Gasteiger partial charge in [0.1, 0.15) is 0 Å². The van der Waals surface area contributed by atoms with E-state index in [1.54, 1.807) is 0 Å². The molecule has 2 amide bonds. The quantitative estimate of drug-likeness (QED) is 0.735. The van der Waals surface area contributed by atoms with E-state index in [0.29, 0.717) is 18.6 Å². The number of nitrogens with zero attached hydrogens (tertiary/aromatic N) is 1. The Morgan fingerprint density at radius 3 is 3.14 bits per heavy atom. The van der Waals surface area contributed by atoms with Crippen LogP contribution >= 0.6 is 0 Å². The van der Waals surface area contributed by atoms with Gasteiger partial charge in [-0.25, -0.2) is 4.79 Å². The molecule has 3 rings (SSSR count). The Morgan fingerprint density at radius 2 is 2.33 bits per heavy atom. The highest BCUT2D eigenvalue weighted by Crippen LogP contribution is 2.28. The van der Waals surface area contributed by atoms with Gasteiger partial charge in [0.05, 0.1) is 0 Å². The molecule has 1 unspecified atom stereocenters. The van der Waals surface area contributed by atoms with Crippen LogP contribution in [0.3, 0.4) is 0 Å². The first-order chi connectivity index (χ1) is 10.2. The van der Waals surface area contributed by atoms with Crippen molar-refractivity contribution >= 4 is 6.03 Å². The molecule has 0 aromatic carbocycles. The van der Waals surface area contributed by atoms with Crippen molar-refractivity contribution < 1.29 is 4.79 Å². The lowest BCUT2D eigenvalue weighted by Crippen LogP contribution is -2.44. The van der Waals surface area contributed by atoms with Crippen LogP contribution in [0, 0.1) is 0 Å². The Bertz CT molecular complexity index is 457. The summed E-state index contributed by atoms with van der Waals surface area (Å²) in [6.07, 6.45) is 10.1. The number of carbonyl (C=O) groups is 1. The molecule has 0 aromatic heterocycles. The van der Waals surface area contributed by atoms with Gasteiger partial charge in [-0.3, -0.25) is 0 Å². The Morgan fingerprint density at radius 1 is 1.43 bits per heavy atom. The first kappa shape index (κ1) is 14.4. The Hall–Kier alpha value is -1.49. The highest BCUT2D eigenvalue weighted by Gasteiger charge is 2.24. The SMILES string of the molecule is CN1CC[C@@H](NC(=O)NCC2=C3CCCCC3NC=C2)C1. The summed E-state index contributed by atoms with van der Waals surface area (Å²) in [5.74, 6) is 0. The molecule has 3 aliphatic rings. The molecule has 0 bridgehead atoms. The van der Waals surface area contributed by atoms with Crippen molar-refractivity contribution in [2.75, 3.05) is 26.7 Å². The highest BCUT2D eigenvalue weighted by atomic mass is 16.2. The molecule has 1 aliphatic carbocycles. The third kappa shape index (κ3) is 3.59. The normalized spacial score (nSPS) is 29.0. The average Bonchev–Trinajstić information content (AvgIpc) is 2.90. The number of amides is 2. The largest absolute Gasteiger partial charge is 0.384 e. The van der Waals surface area contributed by atoms with E-state index < -0.39 is 0 Å². The van der Waals surface area contributed by atoms with Crippen molar-refractivity contribution in [2.24, 2.45) is 0 Å². The van der Waals surface area contributed by atoms with Crippen LogP contribution in [0.2, 0.25) is 0 Å². The third-order valence-corrected chi connectivity index (χ3v) is 4.77. The molecule has 0 aromatic rings. The van der Waals surface area contributed by atoms with E-state index in [-0.39, 0.29) is 6.03 Å². The predicted octanol–water partition coefficient (Wildman–Crippen LogP) is 1.35. The maximum atomic E-state index is 12.0. The van der Waals surface area contributed by atoms with Gasteiger partial charge in [0.25, 0.3) is 0 Å². The summed E-state index contributed by atoms with van der Waals surface area (Å²) in [5.41, 5.74) is 2.78. The lowest BCUT2D eigenvalue weighted by Gasteiger charge is -2.31. The van der Waals surface area contributed by atoms with Crippen LogP contribution in [0.25, 0.3) is 0 Å². The summed E-state index contributed by atoms with van der Waals surface area (Å²) in [7, 11) is 2.09. The zero-order valence-corrected chi connectivity index (χ0v) is 12.8. The maximum Gasteiger partial charge on any atom is 0.315 e. The van der Waals surface area contributed by atoms with Crippen LogP contribution in [0.15, 0.2) is 23.4 Å². The van der Waals surface area contributed by atoms with Gasteiger partial charge >= 0.3 is 6.03 Å². The second-order valence-corrected chi connectivity index (χ2v) is 6.42. The van der Waals surface area contributed by atoms with Crippen molar-refractivity contribution in [3.63, 3.8) is 0 Å². The van der Waals surface area contributed by atoms with E-state index in [9.17, 15) is 4.79 Å². The van der Waals surface area contributed by atoms with Gasteiger partial charge in [-0.05, 0) is 62.7 Å². The molecule has 0 radical (unpaired) electrons. The smallest absolute Gasteiger partial charge is 0.315 e. The molecule has 5 heteroatoms. The van der Waals surface area contributed by atoms with Crippen LogP contribution < -0.4 is 16.0 Å². The molecule has 0 spiro atoms. The van der Waals surface area contributed by atoms with E-state index in [1.165, 1.54) is 30.4 Å². The third-order valence-electron chi connectivity index (χ3n) is 4.77. The van der Waals surface area contributed by atoms with E-state index in [2.05, 4.69) is 34.0 Å². The van der Waals surface area contributed by atoms with Gasteiger partial charge in [-0.2, -0.15) is 0 Å². The van der Waals surface area contributed by atoms with Gasteiger partial charge in [-0.1, -0.05) is 6.42 Å². The summed E-state index contributed by atoms with van der Waals surface area (Å²) in [6.45, 7) is 2.65. The number of rotatable bonds is 3. The minimum absolute atomic E-state index is 0.0392. The van der Waals surface area contributed by atoms with Gasteiger partial charge < -0.3 is 20.9 Å². The summed E-state index contributed by atoms with van der Waals surface area (Å²) in [4.78, 5) is 14.3. The number of fused-ring (bicyclic) bond motifs is 1. The molecular weight excluding hydrogens is 264 g/mol. The lowest BCUT2D eigenvalue weighted by atomic mass is 9.85. The van der Waals surface area contributed by atoms with Gasteiger partial charge in [0.15, 0.2) is 0 Å². The molecule has 5 nitrogen and oxygen atoms in total. The molecule has 1 saturated heterocycles. The standard InChI is InChI=1S/C16H26N4O/c1-20-9-7-13(11-20)19-16(21)18-10-12-6-8-17-15-5-3-2-4-14(12)15/h6,8,13,15,17H,2-5,7,9-11H2,1H3,(H2,18,19,21)/t13-,15?/m1/s1. The number of likely N-dealkylation sites (tertiary alicyclic amines) is 1. The predicted molar refractivity (Wildman–Crippen MR) is 84.0 cm³/mol. The molecule has 1 saturated carbocycles. The van der Waals surface area contributed by atoms with E-state index >= 15 is 0 Å². The summed E-state index contributed by atoms with van der Waals surface area (Å²) in [5, 5.41) is 9.52. The number of carbonyl (C=O) groups excluding carboxylic acids is 1. The molecule has 21 heavy (non-hydrogen) atoms. The minimum Gasteiger partial charge on any atom is -0.384 e. The van der Waals surface area contributed by atoms with Crippen molar-refractivity contribution in [3.8, 4) is 0 Å². The van der Waals surface area contributed by atoms with Crippen molar-refractivity contribution in [2.45, 2.75) is 44.2 Å². The molecule has 116 valence electrons. The Labute approximate surface area is 126 Å². The zero-order chi connectivity index (χ0) is 14.7.